The molecule has 1 amide bonds. The molecule has 0 saturated carbocycles. The molecule has 1 aromatic rings. The molecule has 0 aliphatic carbocycles. The highest BCUT2D eigenvalue weighted by molar-refractivity contribution is 8.00. The summed E-state index contributed by atoms with van der Waals surface area (Å²) in [6.45, 7) is 6.99. The predicted molar refractivity (Wildman–Crippen MR) is 79.0 cm³/mol. The molecule has 1 rings (SSSR count). The van der Waals surface area contributed by atoms with Crippen molar-refractivity contribution in [1.82, 2.24) is 5.32 Å². The number of hydrogen-bond acceptors (Lipinski definition) is 2. The van der Waals surface area contributed by atoms with Crippen molar-refractivity contribution in [3.63, 3.8) is 0 Å². The molecule has 100 valence electrons. The van der Waals surface area contributed by atoms with E-state index in [0.717, 1.165) is 17.9 Å². The fraction of sp³-hybridized carbons (Fsp3) is 0.533. The maximum atomic E-state index is 11.8. The highest BCUT2D eigenvalue weighted by Gasteiger charge is 2.13. The average Bonchev–Trinajstić information content (AvgIpc) is 2.37. The molecule has 0 aromatic heterocycles. The minimum absolute atomic E-state index is 0.0330. The smallest absolute Gasteiger partial charge is 0.233 e. The van der Waals surface area contributed by atoms with Crippen molar-refractivity contribution in [1.29, 1.82) is 0 Å². The third-order valence-corrected chi connectivity index (χ3v) is 3.89. The average molecular weight is 265 g/mol. The number of unbranched alkanes of at least 4 members (excludes halogenated alkanes) is 2. The standard InChI is InChI=1S/C15H23NOS/c1-4-5-6-11-16-15(17)13(3)18-14-9-7-12(2)8-10-14/h7-10,13H,4-6,11H2,1-3H3,(H,16,17)/t13-/m1/s1. The van der Waals surface area contributed by atoms with Gasteiger partial charge in [-0.15, -0.1) is 11.8 Å². The SMILES string of the molecule is CCCCCNC(=O)[C@@H](C)Sc1ccc(C)cc1. The molecular weight excluding hydrogens is 242 g/mol. The zero-order chi connectivity index (χ0) is 13.4. The molecule has 0 heterocycles. The summed E-state index contributed by atoms with van der Waals surface area (Å²) in [5.74, 6) is 0.136. The van der Waals surface area contributed by atoms with Crippen molar-refractivity contribution in [3.05, 3.63) is 29.8 Å². The van der Waals surface area contributed by atoms with Crippen LogP contribution < -0.4 is 5.32 Å². The lowest BCUT2D eigenvalue weighted by molar-refractivity contribution is -0.120. The summed E-state index contributed by atoms with van der Waals surface area (Å²) >= 11 is 1.61. The molecule has 0 unspecified atom stereocenters. The number of amides is 1. The molecule has 1 atom stereocenters. The van der Waals surface area contributed by atoms with Gasteiger partial charge in [0.1, 0.15) is 0 Å². The number of thioether (sulfide) groups is 1. The molecule has 0 aliphatic heterocycles. The van der Waals surface area contributed by atoms with Crippen LogP contribution in [0.15, 0.2) is 29.2 Å². The Hall–Kier alpha value is -0.960. The van der Waals surface area contributed by atoms with E-state index >= 15 is 0 Å². The third-order valence-electron chi connectivity index (χ3n) is 2.78. The molecule has 0 saturated heterocycles. The van der Waals surface area contributed by atoms with Crippen molar-refractivity contribution < 1.29 is 4.79 Å². The number of carbonyl (C=O) groups excluding carboxylic acids is 1. The highest BCUT2D eigenvalue weighted by Crippen LogP contribution is 2.23. The zero-order valence-corrected chi connectivity index (χ0v) is 12.3. The summed E-state index contributed by atoms with van der Waals surface area (Å²) in [6, 6.07) is 8.30. The molecule has 2 nitrogen and oxygen atoms in total. The number of hydrogen-bond donors (Lipinski definition) is 1. The Balaban J connectivity index is 2.33. The lowest BCUT2D eigenvalue weighted by atomic mass is 10.2. The van der Waals surface area contributed by atoms with E-state index in [4.69, 9.17) is 0 Å². The summed E-state index contributed by atoms with van der Waals surface area (Å²) in [5.41, 5.74) is 1.25. The molecular formula is C15H23NOS. The van der Waals surface area contributed by atoms with E-state index < -0.39 is 0 Å². The molecule has 0 spiro atoms. The van der Waals surface area contributed by atoms with Crippen LogP contribution >= 0.6 is 11.8 Å². The molecule has 3 heteroatoms. The van der Waals surface area contributed by atoms with Gasteiger partial charge in [0.25, 0.3) is 0 Å². The van der Waals surface area contributed by atoms with Crippen molar-refractivity contribution in [3.8, 4) is 0 Å². The first-order valence-corrected chi connectivity index (χ1v) is 7.52. The van der Waals surface area contributed by atoms with Crippen molar-refractivity contribution in [2.24, 2.45) is 0 Å². The fourth-order valence-corrected chi connectivity index (χ4v) is 2.50. The maximum absolute atomic E-state index is 11.8. The van der Waals surface area contributed by atoms with Gasteiger partial charge in [-0.3, -0.25) is 4.79 Å². The first-order valence-electron chi connectivity index (χ1n) is 6.64. The van der Waals surface area contributed by atoms with Gasteiger partial charge >= 0.3 is 0 Å². The molecule has 1 N–H and O–H groups in total. The van der Waals surface area contributed by atoms with Crippen LogP contribution in [0, 0.1) is 6.92 Å². The number of carbonyl (C=O) groups is 1. The van der Waals surface area contributed by atoms with Crippen LogP contribution in [0.2, 0.25) is 0 Å². The van der Waals surface area contributed by atoms with Crippen molar-refractivity contribution >= 4 is 17.7 Å². The summed E-state index contributed by atoms with van der Waals surface area (Å²) in [6.07, 6.45) is 3.44. The van der Waals surface area contributed by atoms with Crippen LogP contribution in [0.4, 0.5) is 0 Å². The Morgan fingerprint density at radius 1 is 1.28 bits per heavy atom. The molecule has 1 aromatic carbocycles. The van der Waals surface area contributed by atoms with E-state index in [1.54, 1.807) is 11.8 Å². The lowest BCUT2D eigenvalue weighted by Gasteiger charge is -2.12. The Kier molecular flexibility index (Phi) is 6.88. The van der Waals surface area contributed by atoms with Gasteiger partial charge in [0.2, 0.25) is 5.91 Å². The number of aryl methyl sites for hydroxylation is 1. The van der Waals surface area contributed by atoms with E-state index in [-0.39, 0.29) is 11.2 Å². The zero-order valence-electron chi connectivity index (χ0n) is 11.5. The molecule has 0 radical (unpaired) electrons. The topological polar surface area (TPSA) is 29.1 Å². The first kappa shape index (κ1) is 15.1. The van der Waals surface area contributed by atoms with Crippen LogP contribution in [0.5, 0.6) is 0 Å². The van der Waals surface area contributed by atoms with E-state index in [1.165, 1.54) is 18.4 Å². The van der Waals surface area contributed by atoms with Crippen molar-refractivity contribution in [2.75, 3.05) is 6.54 Å². The van der Waals surface area contributed by atoms with Crippen LogP contribution in [-0.2, 0) is 4.79 Å². The van der Waals surface area contributed by atoms with E-state index in [2.05, 4.69) is 43.4 Å². The van der Waals surface area contributed by atoms with Gasteiger partial charge in [0, 0.05) is 11.4 Å². The normalized spacial score (nSPS) is 12.2. The Labute approximate surface area is 115 Å². The third kappa shape index (κ3) is 5.58. The molecule has 0 fully saturated rings. The van der Waals surface area contributed by atoms with E-state index in [0.29, 0.717) is 0 Å². The summed E-state index contributed by atoms with van der Waals surface area (Å²) in [5, 5.41) is 2.96. The number of benzene rings is 1. The van der Waals surface area contributed by atoms with Gasteiger partial charge in [-0.25, -0.2) is 0 Å². The largest absolute Gasteiger partial charge is 0.355 e. The maximum Gasteiger partial charge on any atom is 0.233 e. The van der Waals surface area contributed by atoms with Gasteiger partial charge in [0.05, 0.1) is 5.25 Å². The molecule has 0 bridgehead atoms. The van der Waals surface area contributed by atoms with Crippen LogP contribution in [0.1, 0.15) is 38.7 Å². The molecule has 18 heavy (non-hydrogen) atoms. The van der Waals surface area contributed by atoms with Crippen molar-refractivity contribution in [2.45, 2.75) is 50.2 Å². The quantitative estimate of drug-likeness (QED) is 0.600. The van der Waals surface area contributed by atoms with Crippen LogP contribution in [0.3, 0.4) is 0 Å². The fourth-order valence-electron chi connectivity index (χ4n) is 1.60. The van der Waals surface area contributed by atoms with Gasteiger partial charge in [-0.1, -0.05) is 37.5 Å². The molecule has 0 aliphatic rings. The second kappa shape index (κ2) is 8.20. The minimum atomic E-state index is -0.0330. The Morgan fingerprint density at radius 3 is 2.56 bits per heavy atom. The van der Waals surface area contributed by atoms with Gasteiger partial charge in [-0.2, -0.15) is 0 Å². The number of nitrogens with one attached hydrogen (secondary N) is 1. The Bertz CT molecular complexity index is 361. The van der Waals surface area contributed by atoms with Crippen LogP contribution in [-0.4, -0.2) is 17.7 Å². The van der Waals surface area contributed by atoms with Gasteiger partial charge in [-0.05, 0) is 32.4 Å². The lowest BCUT2D eigenvalue weighted by Crippen LogP contribution is -2.31. The second-order valence-corrected chi connectivity index (χ2v) is 5.99. The van der Waals surface area contributed by atoms with Crippen LogP contribution in [0.25, 0.3) is 0 Å². The summed E-state index contributed by atoms with van der Waals surface area (Å²) < 4.78 is 0. The van der Waals surface area contributed by atoms with E-state index in [1.807, 2.05) is 6.92 Å². The highest BCUT2D eigenvalue weighted by atomic mass is 32.2. The van der Waals surface area contributed by atoms with E-state index in [9.17, 15) is 4.79 Å². The van der Waals surface area contributed by atoms with Gasteiger partial charge in [0.15, 0.2) is 0 Å². The monoisotopic (exact) mass is 265 g/mol. The Morgan fingerprint density at radius 2 is 1.94 bits per heavy atom. The second-order valence-electron chi connectivity index (χ2n) is 4.57. The first-order chi connectivity index (χ1) is 8.63. The summed E-state index contributed by atoms with van der Waals surface area (Å²) in [7, 11) is 0. The minimum Gasteiger partial charge on any atom is -0.355 e. The van der Waals surface area contributed by atoms with Gasteiger partial charge < -0.3 is 5.32 Å². The summed E-state index contributed by atoms with van der Waals surface area (Å²) in [4.78, 5) is 13.0. The number of rotatable bonds is 7. The predicted octanol–water partition coefficient (Wildman–Crippen LogP) is 3.78.